The summed E-state index contributed by atoms with van der Waals surface area (Å²) in [4.78, 5) is 12.6. The molecule has 0 atom stereocenters. The lowest BCUT2D eigenvalue weighted by Gasteiger charge is -2.08. The van der Waals surface area contributed by atoms with Gasteiger partial charge in [0.1, 0.15) is 5.58 Å². The van der Waals surface area contributed by atoms with Gasteiger partial charge in [-0.1, -0.05) is 29.8 Å². The maximum Gasteiger partial charge on any atom is 0.287 e. The van der Waals surface area contributed by atoms with Gasteiger partial charge in [0, 0.05) is 29.1 Å². The van der Waals surface area contributed by atoms with Crippen LogP contribution in [0.25, 0.3) is 11.0 Å². The third kappa shape index (κ3) is 4.06. The summed E-state index contributed by atoms with van der Waals surface area (Å²) in [5.74, 6) is -0.139. The number of aryl methyl sites for hydroxylation is 3. The first-order valence-corrected chi connectivity index (χ1v) is 10.6. The molecule has 6 nitrogen and oxygen atoms in total. The highest BCUT2D eigenvalue weighted by Gasteiger charge is 2.20. The van der Waals surface area contributed by atoms with Gasteiger partial charge in [-0.15, -0.1) is 0 Å². The lowest BCUT2D eigenvalue weighted by atomic mass is 10.0. The fourth-order valence-corrected chi connectivity index (χ4v) is 4.38. The van der Waals surface area contributed by atoms with Gasteiger partial charge in [-0.05, 0) is 50.1 Å². The van der Waals surface area contributed by atoms with Crippen LogP contribution in [0.4, 0.5) is 0 Å². The molecule has 0 aliphatic rings. The van der Waals surface area contributed by atoms with E-state index in [0.29, 0.717) is 10.6 Å². The number of carbonyl (C=O) groups excluding carboxylic acids is 1. The number of furan rings is 1. The summed E-state index contributed by atoms with van der Waals surface area (Å²) in [6.45, 7) is 5.90. The number of sulfonamides is 1. The highest BCUT2D eigenvalue weighted by molar-refractivity contribution is 7.89. The van der Waals surface area contributed by atoms with Crippen molar-refractivity contribution in [3.63, 3.8) is 0 Å². The summed E-state index contributed by atoms with van der Waals surface area (Å²) in [5.41, 5.74) is 3.46. The van der Waals surface area contributed by atoms with Crippen LogP contribution in [-0.2, 0) is 10.0 Å². The van der Waals surface area contributed by atoms with Crippen LogP contribution >= 0.6 is 11.6 Å². The Morgan fingerprint density at radius 1 is 1.07 bits per heavy atom. The number of nitrogens with one attached hydrogen (secondary N) is 2. The lowest BCUT2D eigenvalue weighted by Crippen LogP contribution is -2.34. The van der Waals surface area contributed by atoms with E-state index in [2.05, 4.69) is 10.0 Å². The number of carbonyl (C=O) groups is 1. The Hall–Kier alpha value is -2.35. The smallest absolute Gasteiger partial charge is 0.287 e. The molecule has 0 saturated heterocycles. The van der Waals surface area contributed by atoms with Gasteiger partial charge in [0.05, 0.1) is 4.90 Å². The van der Waals surface area contributed by atoms with E-state index in [9.17, 15) is 13.2 Å². The first kappa shape index (κ1) is 20.4. The summed E-state index contributed by atoms with van der Waals surface area (Å²) in [7, 11) is -3.69. The van der Waals surface area contributed by atoms with Gasteiger partial charge in [0.15, 0.2) is 5.76 Å². The Kier molecular flexibility index (Phi) is 5.79. The number of benzene rings is 2. The zero-order chi connectivity index (χ0) is 20.5. The number of hydrogen-bond acceptors (Lipinski definition) is 4. The molecule has 0 unspecified atom stereocenters. The zero-order valence-corrected chi connectivity index (χ0v) is 17.4. The minimum Gasteiger partial charge on any atom is -0.450 e. The second-order valence-corrected chi connectivity index (χ2v) is 8.77. The van der Waals surface area contributed by atoms with Crippen molar-refractivity contribution < 1.29 is 17.6 Å². The van der Waals surface area contributed by atoms with Crippen molar-refractivity contribution in [3.8, 4) is 0 Å². The third-order valence-corrected chi connectivity index (χ3v) is 6.19. The molecule has 1 amide bonds. The lowest BCUT2D eigenvalue weighted by molar-refractivity contribution is 0.0928. The number of rotatable bonds is 6. The van der Waals surface area contributed by atoms with Crippen molar-refractivity contribution in [2.45, 2.75) is 25.7 Å². The second-order valence-electron chi connectivity index (χ2n) is 6.57. The molecule has 28 heavy (non-hydrogen) atoms. The first-order valence-electron chi connectivity index (χ1n) is 8.73. The Morgan fingerprint density at radius 3 is 2.46 bits per heavy atom. The van der Waals surface area contributed by atoms with Crippen LogP contribution < -0.4 is 10.0 Å². The van der Waals surface area contributed by atoms with Gasteiger partial charge in [-0.3, -0.25) is 4.79 Å². The fourth-order valence-electron chi connectivity index (χ4n) is 3.05. The highest BCUT2D eigenvalue weighted by atomic mass is 35.5. The van der Waals surface area contributed by atoms with Gasteiger partial charge in [-0.25, -0.2) is 13.1 Å². The zero-order valence-electron chi connectivity index (χ0n) is 15.8. The summed E-state index contributed by atoms with van der Waals surface area (Å²) in [6, 6.07) is 9.92. The minimum atomic E-state index is -3.69. The summed E-state index contributed by atoms with van der Waals surface area (Å²) < 4.78 is 32.7. The number of fused-ring (bicyclic) bond motifs is 1. The van der Waals surface area contributed by atoms with Gasteiger partial charge < -0.3 is 9.73 Å². The summed E-state index contributed by atoms with van der Waals surface area (Å²) in [5, 5.41) is 3.96. The fraction of sp³-hybridized carbons (Fsp3) is 0.250. The summed E-state index contributed by atoms with van der Waals surface area (Å²) in [6.07, 6.45) is 0. The SMILES string of the molecule is Cc1ccc(C)c2c(C)c(C(=O)NCCNS(=O)(=O)c3cccc(Cl)c3)oc12. The van der Waals surface area contributed by atoms with Gasteiger partial charge >= 0.3 is 0 Å². The molecule has 0 saturated carbocycles. The minimum absolute atomic E-state index is 0.0396. The van der Waals surface area contributed by atoms with E-state index in [4.69, 9.17) is 16.0 Å². The molecule has 148 valence electrons. The Bertz CT molecular complexity index is 1150. The molecule has 2 aromatic carbocycles. The Balaban J connectivity index is 1.65. The van der Waals surface area contributed by atoms with Crippen LogP contribution in [0, 0.1) is 20.8 Å². The molecule has 0 bridgehead atoms. The molecular weight excluding hydrogens is 400 g/mol. The van der Waals surface area contributed by atoms with E-state index >= 15 is 0 Å². The molecule has 8 heteroatoms. The number of hydrogen-bond donors (Lipinski definition) is 2. The molecule has 0 aliphatic heterocycles. The Morgan fingerprint density at radius 2 is 1.79 bits per heavy atom. The molecule has 0 fully saturated rings. The molecule has 0 radical (unpaired) electrons. The maximum atomic E-state index is 12.5. The first-order chi connectivity index (χ1) is 13.2. The molecule has 1 aromatic heterocycles. The van der Waals surface area contributed by atoms with E-state index in [1.54, 1.807) is 12.1 Å². The van der Waals surface area contributed by atoms with Crippen LogP contribution in [0.2, 0.25) is 5.02 Å². The van der Waals surface area contributed by atoms with Crippen LogP contribution in [0.5, 0.6) is 0 Å². The maximum absolute atomic E-state index is 12.5. The molecule has 0 aliphatic carbocycles. The molecule has 3 aromatic rings. The Labute approximate surface area is 168 Å². The normalized spacial score (nSPS) is 11.7. The number of halogens is 1. The third-order valence-electron chi connectivity index (χ3n) is 4.50. The van der Waals surface area contributed by atoms with Crippen LogP contribution in [0.15, 0.2) is 45.7 Å². The van der Waals surface area contributed by atoms with Crippen molar-refractivity contribution >= 4 is 38.5 Å². The predicted molar refractivity (Wildman–Crippen MR) is 109 cm³/mol. The predicted octanol–water partition coefficient (Wildman–Crippen LogP) is 3.72. The van der Waals surface area contributed by atoms with Crippen molar-refractivity contribution in [2.75, 3.05) is 13.1 Å². The number of amides is 1. The van der Waals surface area contributed by atoms with Gasteiger partial charge in [0.25, 0.3) is 5.91 Å². The molecule has 0 spiro atoms. The van der Waals surface area contributed by atoms with Crippen LogP contribution in [0.1, 0.15) is 27.2 Å². The van der Waals surface area contributed by atoms with E-state index in [1.807, 2.05) is 32.9 Å². The molecule has 1 heterocycles. The average molecular weight is 421 g/mol. The van der Waals surface area contributed by atoms with Crippen molar-refractivity contribution in [2.24, 2.45) is 0 Å². The van der Waals surface area contributed by atoms with Crippen LogP contribution in [0.3, 0.4) is 0 Å². The van der Waals surface area contributed by atoms with Crippen LogP contribution in [-0.4, -0.2) is 27.4 Å². The van der Waals surface area contributed by atoms with Crippen molar-refractivity contribution in [1.29, 1.82) is 0 Å². The van der Waals surface area contributed by atoms with Gasteiger partial charge in [0.2, 0.25) is 10.0 Å². The highest BCUT2D eigenvalue weighted by Crippen LogP contribution is 2.30. The van der Waals surface area contributed by atoms with E-state index in [-0.39, 0.29) is 29.7 Å². The van der Waals surface area contributed by atoms with Gasteiger partial charge in [-0.2, -0.15) is 0 Å². The largest absolute Gasteiger partial charge is 0.450 e. The van der Waals surface area contributed by atoms with Crippen molar-refractivity contribution in [3.05, 3.63) is 63.9 Å². The molecule has 3 rings (SSSR count). The van der Waals surface area contributed by atoms with E-state index in [0.717, 1.165) is 22.1 Å². The topological polar surface area (TPSA) is 88.4 Å². The van der Waals surface area contributed by atoms with Crippen molar-refractivity contribution in [1.82, 2.24) is 10.0 Å². The van der Waals surface area contributed by atoms with E-state index in [1.165, 1.54) is 12.1 Å². The monoisotopic (exact) mass is 420 g/mol. The second kappa shape index (κ2) is 7.95. The average Bonchev–Trinajstić information content (AvgIpc) is 3.00. The summed E-state index contributed by atoms with van der Waals surface area (Å²) >= 11 is 5.83. The quantitative estimate of drug-likeness (QED) is 0.595. The molecular formula is C20H21ClN2O4S. The van der Waals surface area contributed by atoms with E-state index < -0.39 is 10.0 Å². The molecule has 2 N–H and O–H groups in total. The standard InChI is InChI=1S/C20H21ClN2O4S/c1-12-7-8-13(2)18-17(12)14(3)19(27-18)20(24)22-9-10-23-28(25,26)16-6-4-5-15(21)11-16/h4-8,11,23H,9-10H2,1-3H3,(H,22,24).